The first kappa shape index (κ1) is 20.7. The van der Waals surface area contributed by atoms with Crippen molar-refractivity contribution in [2.24, 2.45) is 5.41 Å². The zero-order chi connectivity index (χ0) is 16.1. The van der Waals surface area contributed by atoms with E-state index in [1.54, 1.807) is 0 Å². The van der Waals surface area contributed by atoms with E-state index in [4.69, 9.17) is 0 Å². The van der Waals surface area contributed by atoms with Crippen LogP contribution in [0.2, 0.25) is 0 Å². The Morgan fingerprint density at radius 2 is 1.38 bits per heavy atom. The van der Waals surface area contributed by atoms with Gasteiger partial charge in [-0.15, -0.1) is 6.58 Å². The first-order valence-electron chi connectivity index (χ1n) is 9.53. The zero-order valence-electron chi connectivity index (χ0n) is 15.6. The Morgan fingerprint density at radius 1 is 0.857 bits per heavy atom. The number of hydrogen-bond acceptors (Lipinski definition) is 1. The molecule has 0 bridgehead atoms. The van der Waals surface area contributed by atoms with E-state index in [1.165, 1.54) is 57.8 Å². The third kappa shape index (κ3) is 6.55. The van der Waals surface area contributed by atoms with Gasteiger partial charge in [0.1, 0.15) is 0 Å². The second kappa shape index (κ2) is 12.3. The number of unbranched alkanes of at least 4 members (excludes halogenated alkanes) is 5. The highest BCUT2D eigenvalue weighted by atomic mass is 15.2. The van der Waals surface area contributed by atoms with Crippen molar-refractivity contribution in [3.05, 3.63) is 12.7 Å². The topological polar surface area (TPSA) is 3.24 Å². The van der Waals surface area contributed by atoms with Gasteiger partial charge < -0.3 is 4.90 Å². The molecule has 0 fully saturated rings. The molecule has 0 N–H and O–H groups in total. The van der Waals surface area contributed by atoms with Gasteiger partial charge in [0.25, 0.3) is 0 Å². The van der Waals surface area contributed by atoms with E-state index < -0.39 is 0 Å². The van der Waals surface area contributed by atoms with Gasteiger partial charge in [-0.3, -0.25) is 0 Å². The van der Waals surface area contributed by atoms with Crippen LogP contribution in [0.3, 0.4) is 0 Å². The van der Waals surface area contributed by atoms with Gasteiger partial charge >= 0.3 is 0 Å². The largest absolute Gasteiger partial charge is 0.300 e. The van der Waals surface area contributed by atoms with Crippen LogP contribution < -0.4 is 0 Å². The predicted octanol–water partition coefficient (Wildman–Crippen LogP) is 6.44. The monoisotopic (exact) mass is 295 g/mol. The molecule has 0 aromatic heterocycles. The molecule has 0 amide bonds. The van der Waals surface area contributed by atoms with E-state index in [0.29, 0.717) is 11.5 Å². The van der Waals surface area contributed by atoms with Gasteiger partial charge in [0.2, 0.25) is 0 Å². The fourth-order valence-corrected chi connectivity index (χ4v) is 3.76. The summed E-state index contributed by atoms with van der Waals surface area (Å²) in [5.41, 5.74) is 0.301. The Balaban J connectivity index is 4.63. The maximum Gasteiger partial charge on any atom is 0.0186 e. The molecule has 0 aromatic carbocycles. The van der Waals surface area contributed by atoms with Crippen LogP contribution in [0, 0.1) is 5.41 Å². The van der Waals surface area contributed by atoms with Crippen molar-refractivity contribution in [3.63, 3.8) is 0 Å². The van der Waals surface area contributed by atoms with Crippen molar-refractivity contribution in [2.45, 2.75) is 98.4 Å². The maximum absolute atomic E-state index is 4.19. The summed E-state index contributed by atoms with van der Waals surface area (Å²) >= 11 is 0. The standard InChI is InChI=1S/C20H41N/c1-7-13-14-15-16-17-18-19(21(11-5)12-6)20(8-2,9-3)10-4/h8,19H,2,7,9-18H2,1,3-6H3. The molecule has 1 heteroatoms. The molecule has 0 aromatic rings. The minimum atomic E-state index is 0.301. The van der Waals surface area contributed by atoms with Crippen LogP contribution in [-0.2, 0) is 0 Å². The van der Waals surface area contributed by atoms with Gasteiger partial charge in [-0.2, -0.15) is 0 Å². The Morgan fingerprint density at radius 3 is 1.81 bits per heavy atom. The molecule has 0 aliphatic rings. The smallest absolute Gasteiger partial charge is 0.0186 e. The van der Waals surface area contributed by atoms with Crippen LogP contribution >= 0.6 is 0 Å². The quantitative estimate of drug-likeness (QED) is 0.263. The number of nitrogens with zero attached hydrogens (tertiary/aromatic N) is 1. The van der Waals surface area contributed by atoms with Gasteiger partial charge in [-0.1, -0.05) is 79.2 Å². The fourth-order valence-electron chi connectivity index (χ4n) is 3.76. The Bertz CT molecular complexity index is 238. The lowest BCUT2D eigenvalue weighted by atomic mass is 9.73. The second-order valence-electron chi connectivity index (χ2n) is 6.44. The summed E-state index contributed by atoms with van der Waals surface area (Å²) in [6, 6.07) is 0.672. The Kier molecular flexibility index (Phi) is 12.1. The third-order valence-electron chi connectivity index (χ3n) is 5.47. The first-order valence-corrected chi connectivity index (χ1v) is 9.53. The van der Waals surface area contributed by atoms with E-state index in [-0.39, 0.29) is 0 Å². The van der Waals surface area contributed by atoms with E-state index in [2.05, 4.69) is 52.2 Å². The summed E-state index contributed by atoms with van der Waals surface area (Å²) in [7, 11) is 0. The Hall–Kier alpha value is -0.300. The van der Waals surface area contributed by atoms with E-state index in [0.717, 1.165) is 13.1 Å². The van der Waals surface area contributed by atoms with Gasteiger partial charge in [0.05, 0.1) is 0 Å². The lowest BCUT2D eigenvalue weighted by Crippen LogP contribution is -2.46. The minimum absolute atomic E-state index is 0.301. The average Bonchev–Trinajstić information content (AvgIpc) is 2.53. The molecule has 0 heterocycles. The highest BCUT2D eigenvalue weighted by Crippen LogP contribution is 2.37. The van der Waals surface area contributed by atoms with Crippen LogP contribution in [0.15, 0.2) is 12.7 Å². The van der Waals surface area contributed by atoms with Gasteiger partial charge in [0.15, 0.2) is 0 Å². The fraction of sp³-hybridized carbons (Fsp3) is 0.900. The van der Waals surface area contributed by atoms with E-state index >= 15 is 0 Å². The molecule has 0 saturated heterocycles. The van der Waals surface area contributed by atoms with Crippen LogP contribution in [0.4, 0.5) is 0 Å². The summed E-state index contributed by atoms with van der Waals surface area (Å²) in [5, 5.41) is 0. The molecular weight excluding hydrogens is 254 g/mol. The van der Waals surface area contributed by atoms with Crippen molar-refractivity contribution in [1.29, 1.82) is 0 Å². The average molecular weight is 296 g/mol. The van der Waals surface area contributed by atoms with Crippen LogP contribution in [0.5, 0.6) is 0 Å². The normalized spacial score (nSPS) is 13.6. The van der Waals surface area contributed by atoms with Crippen LogP contribution in [-0.4, -0.2) is 24.0 Å². The van der Waals surface area contributed by atoms with Crippen molar-refractivity contribution >= 4 is 0 Å². The van der Waals surface area contributed by atoms with Crippen LogP contribution in [0.25, 0.3) is 0 Å². The van der Waals surface area contributed by atoms with Crippen molar-refractivity contribution in [3.8, 4) is 0 Å². The molecule has 21 heavy (non-hydrogen) atoms. The molecule has 126 valence electrons. The van der Waals surface area contributed by atoms with E-state index in [9.17, 15) is 0 Å². The number of rotatable bonds is 14. The first-order chi connectivity index (χ1) is 10.2. The zero-order valence-corrected chi connectivity index (χ0v) is 15.6. The molecule has 1 atom stereocenters. The molecule has 1 nitrogen and oxygen atoms in total. The molecule has 0 saturated carbocycles. The highest BCUT2D eigenvalue weighted by Gasteiger charge is 2.35. The number of hydrogen-bond donors (Lipinski definition) is 0. The summed E-state index contributed by atoms with van der Waals surface area (Å²) in [6.07, 6.45) is 14.4. The molecule has 0 aliphatic carbocycles. The summed E-state index contributed by atoms with van der Waals surface area (Å²) < 4.78 is 0. The lowest BCUT2D eigenvalue weighted by Gasteiger charge is -2.44. The maximum atomic E-state index is 4.19. The van der Waals surface area contributed by atoms with Crippen LogP contribution in [0.1, 0.15) is 92.4 Å². The van der Waals surface area contributed by atoms with Crippen molar-refractivity contribution in [2.75, 3.05) is 13.1 Å². The van der Waals surface area contributed by atoms with Crippen molar-refractivity contribution < 1.29 is 0 Å². The lowest BCUT2D eigenvalue weighted by molar-refractivity contribution is 0.0876. The van der Waals surface area contributed by atoms with E-state index in [1.807, 2.05) is 0 Å². The van der Waals surface area contributed by atoms with Gasteiger partial charge in [0, 0.05) is 11.5 Å². The molecular formula is C20H41N. The molecule has 1 unspecified atom stereocenters. The minimum Gasteiger partial charge on any atom is -0.300 e. The SMILES string of the molecule is C=CC(CC)(CC)C(CCCCCCCC)N(CC)CC. The predicted molar refractivity (Wildman–Crippen MR) is 97.9 cm³/mol. The molecule has 0 aliphatic heterocycles. The Labute approximate surface area is 135 Å². The highest BCUT2D eigenvalue weighted by molar-refractivity contribution is 5.02. The van der Waals surface area contributed by atoms with Gasteiger partial charge in [-0.05, 0) is 32.4 Å². The second-order valence-corrected chi connectivity index (χ2v) is 6.44. The third-order valence-corrected chi connectivity index (χ3v) is 5.47. The summed E-state index contributed by atoms with van der Waals surface area (Å²) in [4.78, 5) is 2.67. The summed E-state index contributed by atoms with van der Waals surface area (Å²) in [6.45, 7) is 18.1. The molecule has 0 spiro atoms. The summed E-state index contributed by atoms with van der Waals surface area (Å²) in [5.74, 6) is 0. The molecule has 0 rings (SSSR count). The van der Waals surface area contributed by atoms with Crippen molar-refractivity contribution in [1.82, 2.24) is 4.90 Å². The van der Waals surface area contributed by atoms with Gasteiger partial charge in [-0.25, -0.2) is 0 Å². The molecule has 0 radical (unpaired) electrons.